The first-order chi connectivity index (χ1) is 50.3. The summed E-state index contributed by atoms with van der Waals surface area (Å²) in [5.74, 6) is -11.5. The molecule has 5 heterocycles. The van der Waals surface area contributed by atoms with Gasteiger partial charge in [0.25, 0.3) is 11.7 Å². The van der Waals surface area contributed by atoms with Crippen molar-refractivity contribution >= 4 is 58.9 Å². The molecule has 0 aromatic carbocycles. The van der Waals surface area contributed by atoms with Gasteiger partial charge in [0.1, 0.15) is 66.4 Å². The molecule has 2 saturated carbocycles. The van der Waals surface area contributed by atoms with Gasteiger partial charge in [0.05, 0.1) is 30.3 Å². The lowest BCUT2D eigenvalue weighted by Gasteiger charge is -2.52. The molecular weight excluding hydrogens is 1370 g/mol. The van der Waals surface area contributed by atoms with Crippen molar-refractivity contribution < 1.29 is 110 Å². The molecule has 2 saturated heterocycles. The van der Waals surface area contributed by atoms with Crippen molar-refractivity contribution in [3.63, 3.8) is 0 Å². The fourth-order valence-corrected chi connectivity index (χ4v) is 18.2. The molecule has 4 fully saturated rings. The number of piperidine rings is 1. The molecule has 8 aliphatic rings. The van der Waals surface area contributed by atoms with Gasteiger partial charge in [-0.15, -0.1) is 0 Å². The molecule has 24 nitrogen and oxygen atoms in total. The molecule has 1 amide bonds. The van der Waals surface area contributed by atoms with Crippen molar-refractivity contribution in [1.29, 1.82) is 0 Å². The number of ketones is 4. The fourth-order valence-electron chi connectivity index (χ4n) is 18.2. The van der Waals surface area contributed by atoms with E-state index in [2.05, 4.69) is 0 Å². The monoisotopic (exact) mass is 1480 g/mol. The first kappa shape index (κ1) is 83.2. The number of amides is 1. The lowest BCUT2D eigenvalue weighted by atomic mass is 9.54. The number of carbonyl (C=O) groups is 10. The average Bonchev–Trinajstić information content (AvgIpc) is 1.39. The van der Waals surface area contributed by atoms with Crippen molar-refractivity contribution in [3.8, 4) is 0 Å². The predicted molar refractivity (Wildman–Crippen MR) is 386 cm³/mol. The number of hydrogen-bond acceptors (Lipinski definition) is 23. The Morgan fingerprint density at radius 2 is 1.47 bits per heavy atom. The minimum atomic E-state index is -2.49. The number of ether oxygens (including phenoxy) is 10. The van der Waals surface area contributed by atoms with Gasteiger partial charge in [0.2, 0.25) is 11.6 Å². The zero-order valence-electron chi connectivity index (χ0n) is 64.6. The maximum atomic E-state index is 14.8. The SMILES string of the molecule is COC[C@H]1OC(=O)c2coc3c2[C@@]1(C)C1=C(C3=O)[C@@H]2CC[C@H](OC(=O)CCCCCCC(=O)O[C@@H]3CC[C@@H](C[C@@H](C)[C@@H]4CC(=O)[C@H](C)/C=C(\C)[C@@H](O)[C@@H](OC)C(=O)[C@H](C)C[C@H](C)/C=C/C=C/C=C(\C)[C@@H](OC)C[C@@H]5CC[C@@H](C)[C@@](O)(O5)C(=O)C(=O)N5CCCC[C@H]5C(=O)O4)C[C@H]3OC)[C@@]2(C)C[C@H]1OC(C)=O. The van der Waals surface area contributed by atoms with Crippen molar-refractivity contribution in [2.45, 2.75) is 282 Å². The number of aliphatic hydroxyl groups is 2. The van der Waals surface area contributed by atoms with Gasteiger partial charge in [-0.3, -0.25) is 38.4 Å². The Bertz CT molecular complexity index is 3560. The highest BCUT2D eigenvalue weighted by Gasteiger charge is 2.65. The van der Waals surface area contributed by atoms with Crippen molar-refractivity contribution in [2.75, 3.05) is 41.6 Å². The number of methoxy groups -OCH3 is 4. The van der Waals surface area contributed by atoms with Gasteiger partial charge in [-0.05, 0) is 157 Å². The Morgan fingerprint density at radius 3 is 2.15 bits per heavy atom. The van der Waals surface area contributed by atoms with Gasteiger partial charge in [0.15, 0.2) is 11.5 Å². The second-order valence-electron chi connectivity index (χ2n) is 31.9. The summed E-state index contributed by atoms with van der Waals surface area (Å²) in [7, 11) is 5.97. The third-order valence-electron chi connectivity index (χ3n) is 24.4. The topological polar surface area (TPSA) is 320 Å². The van der Waals surface area contributed by atoms with E-state index >= 15 is 0 Å². The van der Waals surface area contributed by atoms with E-state index in [1.165, 1.54) is 32.3 Å². The molecule has 0 unspecified atom stereocenters. The maximum Gasteiger partial charge on any atom is 0.342 e. The predicted octanol–water partition coefficient (Wildman–Crippen LogP) is 11.0. The standard InChI is InChI=1S/C82H115NO23/c1-45-24-18-17-19-25-46(2)60(97-12)40-54-31-29-51(7)82(95,106-54)76(91)77(92)83-35-23-22-26-57(83)79(94)103-61(41-58(85)47(3)37-50(6)72(89)75(99-14)71(88)49(5)36-45)48(4)38-53-30-33-59(62(39-53)98-13)102-66(86)27-20-15-16-21-28-67(87)104-64-34-32-56-68-70(63(101-52(8)84)42-80(56,64)9)81(10)65(44-96-11)105-78(93)55-43-100-74(69(55)81)73(68)90/h17-19,24-25,37,43,45,47-49,51,53-54,56-57,59-65,72,75,89,95H,15-16,20-23,26-36,38-42,44H2,1-14H3/b19-17+,24-18+,46-25+,50-37+/t45-,47-,48-,49-,51-,53+,54+,56+,57+,59-,60+,61+,62-,63-,64+,65-,72-,75+,80+,81+,82-/m1/s1. The van der Waals surface area contributed by atoms with Crippen LogP contribution in [0.4, 0.5) is 0 Å². The molecule has 21 atom stereocenters. The van der Waals surface area contributed by atoms with Crippen LogP contribution >= 0.6 is 0 Å². The summed E-state index contributed by atoms with van der Waals surface area (Å²) in [6.07, 6.45) is 12.5. The van der Waals surface area contributed by atoms with E-state index in [0.717, 1.165) is 5.57 Å². The average molecular weight is 1480 g/mol. The third kappa shape index (κ3) is 18.2. The molecule has 24 heteroatoms. The zero-order valence-corrected chi connectivity index (χ0v) is 64.6. The molecule has 586 valence electrons. The molecule has 0 spiro atoms. The smallest absolute Gasteiger partial charge is 0.342 e. The maximum absolute atomic E-state index is 14.8. The van der Waals surface area contributed by atoms with Crippen LogP contribution in [0.25, 0.3) is 0 Å². The van der Waals surface area contributed by atoms with E-state index in [1.54, 1.807) is 48.0 Å². The summed E-state index contributed by atoms with van der Waals surface area (Å²) >= 11 is 0. The highest BCUT2D eigenvalue weighted by Crippen LogP contribution is 2.63. The van der Waals surface area contributed by atoms with Crippen molar-refractivity contribution in [1.82, 2.24) is 4.90 Å². The highest BCUT2D eigenvalue weighted by atomic mass is 16.6. The molecule has 1 aromatic heterocycles. The number of esters is 5. The summed E-state index contributed by atoms with van der Waals surface area (Å²) < 4.78 is 65.8. The van der Waals surface area contributed by atoms with Gasteiger partial charge < -0.3 is 66.9 Å². The van der Waals surface area contributed by atoms with Crippen LogP contribution in [0.5, 0.6) is 0 Å². The molecular formula is C82H115NO23. The number of aliphatic hydroxyl groups excluding tert-OH is 1. The summed E-state index contributed by atoms with van der Waals surface area (Å²) in [4.78, 5) is 141. The van der Waals surface area contributed by atoms with E-state index in [1.807, 2.05) is 65.0 Å². The second-order valence-corrected chi connectivity index (χ2v) is 31.9. The van der Waals surface area contributed by atoms with Crippen LogP contribution in [-0.2, 0) is 91.1 Å². The van der Waals surface area contributed by atoms with Gasteiger partial charge in [-0.2, -0.15) is 0 Å². The molecule has 4 aliphatic carbocycles. The van der Waals surface area contributed by atoms with Crippen LogP contribution in [0.2, 0.25) is 0 Å². The van der Waals surface area contributed by atoms with E-state index in [4.69, 9.17) is 51.8 Å². The van der Waals surface area contributed by atoms with Crippen molar-refractivity contribution in [2.24, 2.45) is 46.8 Å². The molecule has 9 rings (SSSR count). The van der Waals surface area contributed by atoms with Crippen LogP contribution in [0.15, 0.2) is 69.4 Å². The number of fused-ring (bicyclic) bond motifs is 6. The Labute approximate surface area is 623 Å². The minimum Gasteiger partial charge on any atom is -0.462 e. The number of carbonyl (C=O) groups excluding carboxylic acids is 10. The number of cyclic esters (lactones) is 2. The van der Waals surface area contributed by atoms with Gasteiger partial charge in [-0.25, -0.2) is 9.59 Å². The highest BCUT2D eigenvalue weighted by molar-refractivity contribution is 6.39. The molecule has 0 radical (unpaired) electrons. The molecule has 1 aromatic rings. The van der Waals surface area contributed by atoms with E-state index in [-0.39, 0.29) is 92.4 Å². The molecule has 2 bridgehead atoms. The number of furan rings is 1. The van der Waals surface area contributed by atoms with Gasteiger partial charge in [0, 0.05) is 102 Å². The summed E-state index contributed by atoms with van der Waals surface area (Å²) in [6.45, 7) is 17.7. The summed E-state index contributed by atoms with van der Waals surface area (Å²) in [5.41, 5.74) is 0.800. The fraction of sp³-hybridized carbons (Fsp3) is 0.707. The Kier molecular flexibility index (Phi) is 28.4. The number of Topliss-reactive ketones (excluding diaryl/α,β-unsaturated/α-hetero) is 4. The second kappa shape index (κ2) is 36.2. The largest absolute Gasteiger partial charge is 0.462 e. The number of rotatable bonds is 18. The van der Waals surface area contributed by atoms with Crippen LogP contribution < -0.4 is 0 Å². The quantitative estimate of drug-likeness (QED) is 0.0453. The van der Waals surface area contributed by atoms with Crippen LogP contribution in [0, 0.1) is 46.8 Å². The van der Waals surface area contributed by atoms with E-state index in [9.17, 15) is 58.2 Å². The minimum absolute atomic E-state index is 0.00878. The Hall–Kier alpha value is -6.80. The number of nitrogens with zero attached hydrogens (tertiary/aromatic N) is 1. The van der Waals surface area contributed by atoms with E-state index < -0.39 is 155 Å². The zero-order chi connectivity index (χ0) is 77.3. The number of unbranched alkanes of at least 4 members (excludes halogenated alkanes) is 3. The van der Waals surface area contributed by atoms with Gasteiger partial charge >= 0.3 is 29.8 Å². The lowest BCUT2D eigenvalue weighted by molar-refractivity contribution is -0.265. The number of hydrogen-bond donors (Lipinski definition) is 2. The first-order valence-corrected chi connectivity index (χ1v) is 38.5. The Morgan fingerprint density at radius 1 is 0.755 bits per heavy atom. The van der Waals surface area contributed by atoms with Crippen LogP contribution in [0.3, 0.4) is 0 Å². The Balaban J connectivity index is 0.812. The molecule has 4 aliphatic heterocycles. The third-order valence-corrected chi connectivity index (χ3v) is 24.4. The van der Waals surface area contributed by atoms with Crippen LogP contribution in [-0.4, -0.2) is 188 Å². The van der Waals surface area contributed by atoms with Crippen molar-refractivity contribution in [3.05, 3.63) is 81.9 Å². The normalized spacial score (nSPS) is 37.2. The van der Waals surface area contributed by atoms with E-state index in [0.29, 0.717) is 119 Å². The summed E-state index contributed by atoms with van der Waals surface area (Å²) in [6, 6.07) is -1.22. The van der Waals surface area contributed by atoms with Crippen LogP contribution in [0.1, 0.15) is 231 Å². The number of allylic oxidation sites excluding steroid dienone is 7. The first-order valence-electron chi connectivity index (χ1n) is 38.5. The molecule has 2 N–H and O–H groups in total. The lowest BCUT2D eigenvalue weighted by Crippen LogP contribution is -2.61. The van der Waals surface area contributed by atoms with Gasteiger partial charge in [-0.1, -0.05) is 90.8 Å². The molecule has 106 heavy (non-hydrogen) atoms. The summed E-state index contributed by atoms with van der Waals surface area (Å²) in [5, 5.41) is 23.8.